The fraction of sp³-hybridized carbons (Fsp3) is 0.571. The Morgan fingerprint density at radius 3 is 2.58 bits per heavy atom. The summed E-state index contributed by atoms with van der Waals surface area (Å²) in [6.07, 6.45) is 1.14. The van der Waals surface area contributed by atoms with Crippen LogP contribution in [0.15, 0.2) is 18.2 Å². The van der Waals surface area contributed by atoms with E-state index in [0.717, 1.165) is 18.5 Å². The van der Waals surface area contributed by atoms with Gasteiger partial charge in [0.15, 0.2) is 6.29 Å². The van der Waals surface area contributed by atoms with Crippen LogP contribution in [0.2, 0.25) is 5.02 Å². The molecule has 3 nitrogen and oxygen atoms in total. The lowest BCUT2D eigenvalue weighted by atomic mass is 10.0. The number of methoxy groups -OCH3 is 2. The van der Waals surface area contributed by atoms with Crippen LogP contribution in [-0.4, -0.2) is 33.1 Å². The van der Waals surface area contributed by atoms with Gasteiger partial charge in [-0.15, -0.1) is 0 Å². The van der Waals surface area contributed by atoms with Crippen LogP contribution < -0.4 is 5.32 Å². The maximum absolute atomic E-state index is 13.3. The summed E-state index contributed by atoms with van der Waals surface area (Å²) in [5.74, 6) is -0.292. The standard InChI is InChI=1S/C14H21ClFNO2/c1-4-7-17-13(14(18-2)19-3)9-10-8-11(16)5-6-12(10)15/h5-6,8,13-14,17H,4,7,9H2,1-3H3. The molecule has 0 saturated heterocycles. The predicted molar refractivity (Wildman–Crippen MR) is 75.0 cm³/mol. The lowest BCUT2D eigenvalue weighted by Crippen LogP contribution is -2.44. The fourth-order valence-electron chi connectivity index (χ4n) is 1.96. The van der Waals surface area contributed by atoms with E-state index in [4.69, 9.17) is 21.1 Å². The zero-order valence-electron chi connectivity index (χ0n) is 11.6. The summed E-state index contributed by atoms with van der Waals surface area (Å²) >= 11 is 6.09. The molecule has 1 rings (SSSR count). The van der Waals surface area contributed by atoms with Crippen molar-refractivity contribution in [3.8, 4) is 0 Å². The molecular formula is C14H21ClFNO2. The van der Waals surface area contributed by atoms with Gasteiger partial charge in [0.1, 0.15) is 5.82 Å². The molecule has 0 spiro atoms. The van der Waals surface area contributed by atoms with Crippen LogP contribution >= 0.6 is 11.6 Å². The molecule has 0 fully saturated rings. The number of nitrogens with one attached hydrogen (secondary N) is 1. The molecule has 0 aromatic heterocycles. The number of hydrogen-bond acceptors (Lipinski definition) is 3. The topological polar surface area (TPSA) is 30.5 Å². The average Bonchev–Trinajstić information content (AvgIpc) is 2.41. The van der Waals surface area contributed by atoms with Gasteiger partial charge in [0.05, 0.1) is 6.04 Å². The lowest BCUT2D eigenvalue weighted by Gasteiger charge is -2.26. The molecule has 1 aromatic rings. The highest BCUT2D eigenvalue weighted by atomic mass is 35.5. The van der Waals surface area contributed by atoms with E-state index in [-0.39, 0.29) is 11.9 Å². The maximum atomic E-state index is 13.3. The Kier molecular flexibility index (Phi) is 7.31. The van der Waals surface area contributed by atoms with Crippen molar-refractivity contribution < 1.29 is 13.9 Å². The second kappa shape index (κ2) is 8.48. The third kappa shape index (κ3) is 5.07. The Balaban J connectivity index is 2.83. The van der Waals surface area contributed by atoms with Gasteiger partial charge in [-0.05, 0) is 43.1 Å². The molecule has 0 saturated carbocycles. The van der Waals surface area contributed by atoms with Gasteiger partial charge in [-0.3, -0.25) is 0 Å². The zero-order chi connectivity index (χ0) is 14.3. The molecule has 1 unspecified atom stereocenters. The predicted octanol–water partition coefficient (Wildman–Crippen LogP) is 3.01. The monoisotopic (exact) mass is 289 g/mol. The second-order valence-electron chi connectivity index (χ2n) is 4.34. The van der Waals surface area contributed by atoms with Crippen molar-refractivity contribution >= 4 is 11.6 Å². The first-order valence-electron chi connectivity index (χ1n) is 6.35. The van der Waals surface area contributed by atoms with Crippen molar-refractivity contribution in [3.05, 3.63) is 34.6 Å². The Morgan fingerprint density at radius 2 is 2.00 bits per heavy atom. The molecule has 0 aliphatic rings. The SMILES string of the molecule is CCCNC(Cc1cc(F)ccc1Cl)C(OC)OC. The highest BCUT2D eigenvalue weighted by molar-refractivity contribution is 6.31. The van der Waals surface area contributed by atoms with E-state index in [9.17, 15) is 4.39 Å². The Labute approximate surface area is 119 Å². The Hall–Kier alpha value is -0.680. The van der Waals surface area contributed by atoms with Gasteiger partial charge in [0.2, 0.25) is 0 Å². The second-order valence-corrected chi connectivity index (χ2v) is 4.75. The van der Waals surface area contributed by atoms with E-state index in [0.29, 0.717) is 11.4 Å². The first kappa shape index (κ1) is 16.4. The van der Waals surface area contributed by atoms with Gasteiger partial charge >= 0.3 is 0 Å². The largest absolute Gasteiger partial charge is 0.354 e. The third-order valence-corrected chi connectivity index (χ3v) is 3.27. The van der Waals surface area contributed by atoms with Crippen molar-refractivity contribution in [1.29, 1.82) is 0 Å². The summed E-state index contributed by atoms with van der Waals surface area (Å²) < 4.78 is 23.8. The van der Waals surface area contributed by atoms with Crippen LogP contribution in [0.4, 0.5) is 4.39 Å². The molecule has 0 bridgehead atoms. The van der Waals surface area contributed by atoms with E-state index in [1.165, 1.54) is 12.1 Å². The van der Waals surface area contributed by atoms with Gasteiger partial charge < -0.3 is 14.8 Å². The van der Waals surface area contributed by atoms with Crippen molar-refractivity contribution in [3.63, 3.8) is 0 Å². The third-order valence-electron chi connectivity index (χ3n) is 2.90. The fourth-order valence-corrected chi connectivity index (χ4v) is 2.15. The zero-order valence-corrected chi connectivity index (χ0v) is 12.3. The van der Waals surface area contributed by atoms with Gasteiger partial charge in [-0.25, -0.2) is 4.39 Å². The summed E-state index contributed by atoms with van der Waals surface area (Å²) in [5.41, 5.74) is 0.745. The molecule has 0 aliphatic carbocycles. The van der Waals surface area contributed by atoms with E-state index >= 15 is 0 Å². The van der Waals surface area contributed by atoms with Crippen LogP contribution in [0.25, 0.3) is 0 Å². The molecule has 0 amide bonds. The molecule has 0 radical (unpaired) electrons. The molecule has 1 aromatic carbocycles. The van der Waals surface area contributed by atoms with Crippen LogP contribution in [0.3, 0.4) is 0 Å². The van der Waals surface area contributed by atoms with Crippen LogP contribution in [0.5, 0.6) is 0 Å². The molecule has 0 aliphatic heterocycles. The van der Waals surface area contributed by atoms with Crippen molar-refractivity contribution in [1.82, 2.24) is 5.32 Å². The molecule has 1 atom stereocenters. The van der Waals surface area contributed by atoms with E-state index in [1.807, 2.05) is 0 Å². The number of ether oxygens (including phenoxy) is 2. The molecule has 108 valence electrons. The summed E-state index contributed by atoms with van der Waals surface area (Å²) in [6, 6.07) is 4.29. The Bertz CT molecular complexity index is 386. The minimum Gasteiger partial charge on any atom is -0.354 e. The van der Waals surface area contributed by atoms with Gasteiger partial charge in [-0.2, -0.15) is 0 Å². The van der Waals surface area contributed by atoms with Gasteiger partial charge in [0, 0.05) is 19.2 Å². The number of hydrogen-bond donors (Lipinski definition) is 1. The lowest BCUT2D eigenvalue weighted by molar-refractivity contribution is -0.122. The van der Waals surface area contributed by atoms with Crippen LogP contribution in [0, 0.1) is 5.82 Å². The highest BCUT2D eigenvalue weighted by Gasteiger charge is 2.21. The Morgan fingerprint density at radius 1 is 1.32 bits per heavy atom. The van der Waals surface area contributed by atoms with Crippen molar-refractivity contribution in [2.45, 2.75) is 32.1 Å². The van der Waals surface area contributed by atoms with Crippen LogP contribution in [0.1, 0.15) is 18.9 Å². The molecule has 1 N–H and O–H groups in total. The number of rotatable bonds is 8. The average molecular weight is 290 g/mol. The van der Waals surface area contributed by atoms with Gasteiger partial charge in [0.25, 0.3) is 0 Å². The molecular weight excluding hydrogens is 269 g/mol. The number of benzene rings is 1. The smallest absolute Gasteiger partial charge is 0.172 e. The first-order valence-corrected chi connectivity index (χ1v) is 6.73. The van der Waals surface area contributed by atoms with Crippen molar-refractivity contribution in [2.75, 3.05) is 20.8 Å². The van der Waals surface area contributed by atoms with Gasteiger partial charge in [-0.1, -0.05) is 18.5 Å². The number of halogens is 2. The summed E-state index contributed by atoms with van der Waals surface area (Å²) in [5, 5.41) is 3.89. The molecule has 5 heteroatoms. The summed E-state index contributed by atoms with van der Waals surface area (Å²) in [4.78, 5) is 0. The summed E-state index contributed by atoms with van der Waals surface area (Å²) in [7, 11) is 3.17. The molecule has 19 heavy (non-hydrogen) atoms. The highest BCUT2D eigenvalue weighted by Crippen LogP contribution is 2.20. The minimum atomic E-state index is -0.397. The minimum absolute atomic E-state index is 0.0748. The summed E-state index contributed by atoms with van der Waals surface area (Å²) in [6.45, 7) is 2.91. The van der Waals surface area contributed by atoms with E-state index < -0.39 is 6.29 Å². The molecule has 0 heterocycles. The maximum Gasteiger partial charge on any atom is 0.172 e. The quantitative estimate of drug-likeness (QED) is 0.746. The normalized spacial score (nSPS) is 12.9. The van der Waals surface area contributed by atoms with Crippen molar-refractivity contribution in [2.24, 2.45) is 0 Å². The van der Waals surface area contributed by atoms with Crippen LogP contribution in [-0.2, 0) is 15.9 Å². The van der Waals surface area contributed by atoms with E-state index in [2.05, 4.69) is 12.2 Å². The first-order chi connectivity index (χ1) is 9.12. The van der Waals surface area contributed by atoms with E-state index in [1.54, 1.807) is 20.3 Å².